The molecule has 2 aliphatic rings. The molecule has 0 radical (unpaired) electrons. The average molecular weight is 157 g/mol. The van der Waals surface area contributed by atoms with Crippen LogP contribution < -0.4 is 5.32 Å². The number of epoxide rings is 1. The van der Waals surface area contributed by atoms with Gasteiger partial charge in [-0.15, -0.1) is 0 Å². The van der Waals surface area contributed by atoms with Crippen LogP contribution in [0, 0.1) is 0 Å². The summed E-state index contributed by atoms with van der Waals surface area (Å²) in [5.74, 6) is -0.241. The zero-order valence-corrected chi connectivity index (χ0v) is 6.42. The van der Waals surface area contributed by atoms with E-state index in [1.807, 2.05) is 0 Å². The number of rotatable bonds is 1. The molecule has 4 nitrogen and oxygen atoms in total. The molecule has 0 aliphatic carbocycles. The Morgan fingerprint density at radius 3 is 3.27 bits per heavy atom. The van der Waals surface area contributed by atoms with E-state index < -0.39 is 5.60 Å². The summed E-state index contributed by atoms with van der Waals surface area (Å²) in [5, 5.41) is 3.11. The number of piperidine rings is 1. The summed E-state index contributed by atoms with van der Waals surface area (Å²) in [4.78, 5) is 11.1. The van der Waals surface area contributed by atoms with Gasteiger partial charge in [0.05, 0.1) is 7.11 Å². The standard InChI is InChI=1S/C7H11NO3/c1-10-6(9)7-4-8-3-2-5(7)11-7/h5,8H,2-4H2,1H3. The highest BCUT2D eigenvalue weighted by atomic mass is 16.7. The molecule has 2 atom stereocenters. The van der Waals surface area contributed by atoms with Gasteiger partial charge in [0.15, 0.2) is 0 Å². The van der Waals surface area contributed by atoms with Crippen molar-refractivity contribution in [2.45, 2.75) is 18.1 Å². The van der Waals surface area contributed by atoms with Crippen LogP contribution in [-0.4, -0.2) is 37.9 Å². The Morgan fingerprint density at radius 2 is 2.64 bits per heavy atom. The van der Waals surface area contributed by atoms with Crippen LogP contribution >= 0.6 is 0 Å². The Hall–Kier alpha value is -0.610. The number of methoxy groups -OCH3 is 1. The van der Waals surface area contributed by atoms with Crippen LogP contribution in [0.4, 0.5) is 0 Å². The quantitative estimate of drug-likeness (QED) is 0.403. The predicted molar refractivity (Wildman–Crippen MR) is 37.1 cm³/mol. The molecule has 0 aromatic heterocycles. The van der Waals surface area contributed by atoms with E-state index in [-0.39, 0.29) is 12.1 Å². The smallest absolute Gasteiger partial charge is 0.342 e. The van der Waals surface area contributed by atoms with Gasteiger partial charge < -0.3 is 14.8 Å². The zero-order chi connectivity index (χ0) is 7.90. The molecule has 0 aromatic rings. The molecule has 2 fully saturated rings. The van der Waals surface area contributed by atoms with Gasteiger partial charge >= 0.3 is 5.97 Å². The first kappa shape index (κ1) is 7.06. The second kappa shape index (κ2) is 2.19. The lowest BCUT2D eigenvalue weighted by atomic mass is 10.00. The van der Waals surface area contributed by atoms with Crippen LogP contribution in [-0.2, 0) is 14.3 Å². The molecule has 2 heterocycles. The van der Waals surface area contributed by atoms with E-state index in [9.17, 15) is 4.79 Å². The molecule has 4 heteroatoms. The molecular formula is C7H11NO3. The summed E-state index contributed by atoms with van der Waals surface area (Å²) >= 11 is 0. The van der Waals surface area contributed by atoms with Gasteiger partial charge in [0.1, 0.15) is 6.10 Å². The summed E-state index contributed by atoms with van der Waals surface area (Å²) in [7, 11) is 1.39. The molecule has 11 heavy (non-hydrogen) atoms. The molecule has 0 aromatic carbocycles. The number of carbonyl (C=O) groups excluding carboxylic acids is 1. The third kappa shape index (κ3) is 0.862. The molecule has 62 valence electrons. The monoisotopic (exact) mass is 157 g/mol. The number of fused-ring (bicyclic) bond motifs is 1. The van der Waals surface area contributed by atoms with Crippen molar-refractivity contribution in [1.29, 1.82) is 0 Å². The Bertz CT molecular complexity index is 194. The van der Waals surface area contributed by atoms with Gasteiger partial charge in [-0.05, 0) is 13.0 Å². The van der Waals surface area contributed by atoms with Crippen molar-refractivity contribution in [3.05, 3.63) is 0 Å². The fourth-order valence-electron chi connectivity index (χ4n) is 1.60. The maximum absolute atomic E-state index is 11.1. The molecule has 2 saturated heterocycles. The molecule has 2 aliphatic heterocycles. The fourth-order valence-corrected chi connectivity index (χ4v) is 1.60. The predicted octanol–water partition coefficient (Wildman–Crippen LogP) is -0.710. The summed E-state index contributed by atoms with van der Waals surface area (Å²) in [6, 6.07) is 0. The van der Waals surface area contributed by atoms with Crippen molar-refractivity contribution >= 4 is 5.97 Å². The number of ether oxygens (including phenoxy) is 2. The maximum Gasteiger partial charge on any atom is 0.342 e. The Balaban J connectivity index is 2.07. The fraction of sp³-hybridized carbons (Fsp3) is 0.857. The van der Waals surface area contributed by atoms with Gasteiger partial charge in [0.2, 0.25) is 5.60 Å². The van der Waals surface area contributed by atoms with Crippen LogP contribution in [0.2, 0.25) is 0 Å². The first-order valence-corrected chi connectivity index (χ1v) is 3.76. The van der Waals surface area contributed by atoms with E-state index >= 15 is 0 Å². The topological polar surface area (TPSA) is 50.9 Å². The number of carbonyl (C=O) groups is 1. The van der Waals surface area contributed by atoms with Crippen molar-refractivity contribution in [2.24, 2.45) is 0 Å². The number of nitrogens with one attached hydrogen (secondary N) is 1. The Morgan fingerprint density at radius 1 is 1.82 bits per heavy atom. The molecular weight excluding hydrogens is 146 g/mol. The maximum atomic E-state index is 11.1. The third-order valence-electron chi connectivity index (χ3n) is 2.32. The SMILES string of the molecule is COC(=O)C12CNCCC1O2. The van der Waals surface area contributed by atoms with Crippen molar-refractivity contribution in [3.63, 3.8) is 0 Å². The van der Waals surface area contributed by atoms with E-state index in [0.29, 0.717) is 6.54 Å². The average Bonchev–Trinajstić information content (AvgIpc) is 2.78. The van der Waals surface area contributed by atoms with E-state index in [2.05, 4.69) is 10.1 Å². The highest BCUT2D eigenvalue weighted by Gasteiger charge is 2.64. The van der Waals surface area contributed by atoms with Crippen LogP contribution in [0.25, 0.3) is 0 Å². The normalized spacial score (nSPS) is 41.0. The first-order chi connectivity index (χ1) is 5.29. The summed E-state index contributed by atoms with van der Waals surface area (Å²) in [6.45, 7) is 1.54. The van der Waals surface area contributed by atoms with Gasteiger partial charge in [0, 0.05) is 6.54 Å². The van der Waals surface area contributed by atoms with E-state index in [1.165, 1.54) is 7.11 Å². The number of hydrogen-bond donors (Lipinski definition) is 1. The number of esters is 1. The highest BCUT2D eigenvalue weighted by molar-refractivity contribution is 5.84. The van der Waals surface area contributed by atoms with Crippen molar-refractivity contribution in [1.82, 2.24) is 5.32 Å². The van der Waals surface area contributed by atoms with Gasteiger partial charge in [0.25, 0.3) is 0 Å². The van der Waals surface area contributed by atoms with Gasteiger partial charge in [-0.2, -0.15) is 0 Å². The largest absolute Gasteiger partial charge is 0.467 e. The Labute approximate surface area is 64.9 Å². The van der Waals surface area contributed by atoms with Gasteiger partial charge in [-0.3, -0.25) is 0 Å². The number of hydrogen-bond acceptors (Lipinski definition) is 4. The molecule has 0 spiro atoms. The van der Waals surface area contributed by atoms with Crippen molar-refractivity contribution < 1.29 is 14.3 Å². The highest BCUT2D eigenvalue weighted by Crippen LogP contribution is 2.41. The summed E-state index contributed by atoms with van der Waals surface area (Å²) in [6.07, 6.45) is 1.02. The van der Waals surface area contributed by atoms with E-state index in [0.717, 1.165) is 13.0 Å². The van der Waals surface area contributed by atoms with Crippen LogP contribution in [0.1, 0.15) is 6.42 Å². The lowest BCUT2D eigenvalue weighted by Gasteiger charge is -2.15. The van der Waals surface area contributed by atoms with Crippen LogP contribution in [0.5, 0.6) is 0 Å². The zero-order valence-electron chi connectivity index (χ0n) is 6.42. The van der Waals surface area contributed by atoms with Crippen molar-refractivity contribution in [2.75, 3.05) is 20.2 Å². The minimum absolute atomic E-state index is 0.108. The first-order valence-electron chi connectivity index (χ1n) is 3.76. The van der Waals surface area contributed by atoms with E-state index in [1.54, 1.807) is 0 Å². The molecule has 0 saturated carbocycles. The third-order valence-corrected chi connectivity index (χ3v) is 2.32. The van der Waals surface area contributed by atoms with Crippen LogP contribution in [0.15, 0.2) is 0 Å². The summed E-state index contributed by atoms with van der Waals surface area (Å²) in [5.41, 5.74) is -0.618. The molecule has 0 amide bonds. The minimum Gasteiger partial charge on any atom is -0.467 e. The van der Waals surface area contributed by atoms with Crippen molar-refractivity contribution in [3.8, 4) is 0 Å². The second-order valence-electron chi connectivity index (χ2n) is 2.95. The molecule has 1 N–H and O–H groups in total. The molecule has 2 unspecified atom stereocenters. The van der Waals surface area contributed by atoms with Gasteiger partial charge in [-0.1, -0.05) is 0 Å². The lowest BCUT2D eigenvalue weighted by Crippen LogP contribution is -2.44. The summed E-state index contributed by atoms with van der Waals surface area (Å²) < 4.78 is 9.91. The van der Waals surface area contributed by atoms with E-state index in [4.69, 9.17) is 4.74 Å². The Kier molecular flexibility index (Phi) is 1.40. The minimum atomic E-state index is -0.618. The second-order valence-corrected chi connectivity index (χ2v) is 2.95. The van der Waals surface area contributed by atoms with Gasteiger partial charge in [-0.25, -0.2) is 4.79 Å². The molecule has 0 bridgehead atoms. The van der Waals surface area contributed by atoms with Crippen LogP contribution in [0.3, 0.4) is 0 Å². The lowest BCUT2D eigenvalue weighted by molar-refractivity contribution is -0.146. The molecule has 2 rings (SSSR count).